The summed E-state index contributed by atoms with van der Waals surface area (Å²) >= 11 is 0. The minimum atomic E-state index is 0.664. The summed E-state index contributed by atoms with van der Waals surface area (Å²) in [6.07, 6.45) is 2.67. The fraction of sp³-hybridized carbons (Fsp3) is 0.625. The molecule has 1 fully saturated rings. The van der Waals surface area contributed by atoms with Gasteiger partial charge in [0.15, 0.2) is 0 Å². The Morgan fingerprint density at radius 1 is 1.28 bits per heavy atom. The van der Waals surface area contributed by atoms with E-state index in [1.54, 1.807) is 0 Å². The molecule has 0 aliphatic carbocycles. The van der Waals surface area contributed by atoms with E-state index in [-0.39, 0.29) is 0 Å². The topological polar surface area (TPSA) is 15.3 Å². The second-order valence-electron chi connectivity index (χ2n) is 5.78. The molecule has 1 atom stereocenters. The molecule has 2 nitrogen and oxygen atoms in total. The lowest BCUT2D eigenvalue weighted by Crippen LogP contribution is -2.39. The first-order valence-electron chi connectivity index (χ1n) is 7.15. The van der Waals surface area contributed by atoms with E-state index in [4.69, 9.17) is 0 Å². The van der Waals surface area contributed by atoms with Crippen LogP contribution < -0.4 is 5.32 Å². The molecule has 0 radical (unpaired) electrons. The highest BCUT2D eigenvalue weighted by atomic mass is 15.2. The minimum absolute atomic E-state index is 0.664. The Morgan fingerprint density at radius 3 is 2.56 bits per heavy atom. The number of hydrogen-bond acceptors (Lipinski definition) is 2. The van der Waals surface area contributed by atoms with Gasteiger partial charge in [-0.1, -0.05) is 18.2 Å². The molecule has 1 aliphatic heterocycles. The van der Waals surface area contributed by atoms with Crippen LogP contribution in [-0.4, -0.2) is 30.1 Å². The molecular weight excluding hydrogens is 220 g/mol. The maximum atomic E-state index is 3.67. The van der Waals surface area contributed by atoms with Crippen LogP contribution in [0, 0.1) is 13.8 Å². The monoisotopic (exact) mass is 246 g/mol. The van der Waals surface area contributed by atoms with E-state index < -0.39 is 0 Å². The molecule has 100 valence electrons. The van der Waals surface area contributed by atoms with Gasteiger partial charge in [-0.05, 0) is 58.2 Å². The van der Waals surface area contributed by atoms with E-state index in [9.17, 15) is 0 Å². The predicted molar refractivity (Wildman–Crippen MR) is 79.3 cm³/mol. The lowest BCUT2D eigenvalue weighted by molar-refractivity contribution is 0.211. The molecule has 1 N–H and O–H groups in total. The van der Waals surface area contributed by atoms with Crippen molar-refractivity contribution in [1.82, 2.24) is 4.90 Å². The standard InChI is InChI=1S/C16H26N2/c1-12(2)18-10-6-9-15(18)11-17-16-13(3)7-5-8-14(16)4/h5,7-8,12,15,17H,6,9-11H2,1-4H3. The number of rotatable bonds is 4. The molecule has 0 aromatic heterocycles. The summed E-state index contributed by atoms with van der Waals surface area (Å²) in [5.74, 6) is 0. The molecule has 0 spiro atoms. The highest BCUT2D eigenvalue weighted by molar-refractivity contribution is 5.56. The first-order valence-corrected chi connectivity index (χ1v) is 7.15. The van der Waals surface area contributed by atoms with Gasteiger partial charge in [-0.15, -0.1) is 0 Å². The largest absolute Gasteiger partial charge is 0.383 e. The Balaban J connectivity index is 1.99. The summed E-state index contributed by atoms with van der Waals surface area (Å²) < 4.78 is 0. The van der Waals surface area contributed by atoms with Crippen molar-refractivity contribution in [3.8, 4) is 0 Å². The Hall–Kier alpha value is -1.02. The smallest absolute Gasteiger partial charge is 0.0400 e. The number of aryl methyl sites for hydroxylation is 2. The van der Waals surface area contributed by atoms with E-state index >= 15 is 0 Å². The van der Waals surface area contributed by atoms with Crippen molar-refractivity contribution in [2.75, 3.05) is 18.4 Å². The fourth-order valence-electron chi connectivity index (χ4n) is 3.07. The van der Waals surface area contributed by atoms with E-state index in [1.165, 1.54) is 36.2 Å². The minimum Gasteiger partial charge on any atom is -0.383 e. The number of likely N-dealkylation sites (tertiary alicyclic amines) is 1. The highest BCUT2D eigenvalue weighted by Crippen LogP contribution is 2.23. The van der Waals surface area contributed by atoms with Crippen LogP contribution in [0.15, 0.2) is 18.2 Å². The van der Waals surface area contributed by atoms with Gasteiger partial charge in [0.2, 0.25) is 0 Å². The van der Waals surface area contributed by atoms with Gasteiger partial charge in [0, 0.05) is 24.3 Å². The van der Waals surface area contributed by atoms with Gasteiger partial charge < -0.3 is 5.32 Å². The predicted octanol–water partition coefficient (Wildman–Crippen LogP) is 3.59. The van der Waals surface area contributed by atoms with Crippen LogP contribution in [-0.2, 0) is 0 Å². The van der Waals surface area contributed by atoms with Crippen LogP contribution in [0.3, 0.4) is 0 Å². The first kappa shape index (κ1) is 13.4. The summed E-state index contributed by atoms with van der Waals surface area (Å²) in [5.41, 5.74) is 4.03. The third kappa shape index (κ3) is 2.86. The molecule has 1 saturated heterocycles. The molecule has 1 aliphatic rings. The molecule has 0 saturated carbocycles. The summed E-state index contributed by atoms with van der Waals surface area (Å²) in [7, 11) is 0. The van der Waals surface area contributed by atoms with Crippen LogP contribution >= 0.6 is 0 Å². The van der Waals surface area contributed by atoms with Gasteiger partial charge in [0.1, 0.15) is 0 Å². The van der Waals surface area contributed by atoms with E-state index in [0.717, 1.165) is 6.54 Å². The summed E-state index contributed by atoms with van der Waals surface area (Å²) in [4.78, 5) is 2.63. The number of para-hydroxylation sites is 1. The lowest BCUT2D eigenvalue weighted by atomic mass is 10.1. The normalized spacial score (nSPS) is 20.6. The van der Waals surface area contributed by atoms with Crippen LogP contribution in [0.25, 0.3) is 0 Å². The number of nitrogens with zero attached hydrogens (tertiary/aromatic N) is 1. The van der Waals surface area contributed by atoms with Crippen molar-refractivity contribution in [3.63, 3.8) is 0 Å². The Bertz CT molecular complexity index is 378. The summed E-state index contributed by atoms with van der Waals surface area (Å²) in [6, 6.07) is 7.86. The van der Waals surface area contributed by atoms with E-state index in [1.807, 2.05) is 0 Å². The number of anilines is 1. The maximum absolute atomic E-state index is 3.67. The lowest BCUT2D eigenvalue weighted by Gasteiger charge is -2.29. The van der Waals surface area contributed by atoms with Gasteiger partial charge in [0.05, 0.1) is 0 Å². The SMILES string of the molecule is Cc1cccc(C)c1NCC1CCCN1C(C)C. The third-order valence-corrected chi connectivity index (χ3v) is 4.08. The van der Waals surface area contributed by atoms with Crippen LogP contribution in [0.5, 0.6) is 0 Å². The van der Waals surface area contributed by atoms with Gasteiger partial charge >= 0.3 is 0 Å². The zero-order valence-corrected chi connectivity index (χ0v) is 12.2. The number of nitrogens with one attached hydrogen (secondary N) is 1. The van der Waals surface area contributed by atoms with Crippen LogP contribution in [0.2, 0.25) is 0 Å². The zero-order valence-electron chi connectivity index (χ0n) is 12.2. The van der Waals surface area contributed by atoms with Gasteiger partial charge in [-0.3, -0.25) is 4.90 Å². The fourth-order valence-corrected chi connectivity index (χ4v) is 3.07. The van der Waals surface area contributed by atoms with Crippen molar-refractivity contribution in [3.05, 3.63) is 29.3 Å². The number of benzene rings is 1. The third-order valence-electron chi connectivity index (χ3n) is 4.08. The molecule has 18 heavy (non-hydrogen) atoms. The molecule has 1 unspecified atom stereocenters. The van der Waals surface area contributed by atoms with E-state index in [0.29, 0.717) is 12.1 Å². The highest BCUT2D eigenvalue weighted by Gasteiger charge is 2.26. The Labute approximate surface area is 111 Å². The molecule has 1 heterocycles. The molecule has 1 aromatic carbocycles. The van der Waals surface area contributed by atoms with Gasteiger partial charge in [0.25, 0.3) is 0 Å². The van der Waals surface area contributed by atoms with E-state index in [2.05, 4.69) is 56.1 Å². The van der Waals surface area contributed by atoms with Crippen LogP contribution in [0.4, 0.5) is 5.69 Å². The molecule has 0 bridgehead atoms. The van der Waals surface area contributed by atoms with Crippen molar-refractivity contribution in [2.24, 2.45) is 0 Å². The molecule has 0 amide bonds. The first-order chi connectivity index (χ1) is 8.59. The summed E-state index contributed by atoms with van der Waals surface area (Å²) in [6.45, 7) is 11.3. The van der Waals surface area contributed by atoms with Gasteiger partial charge in [-0.25, -0.2) is 0 Å². The Morgan fingerprint density at radius 2 is 1.94 bits per heavy atom. The second-order valence-corrected chi connectivity index (χ2v) is 5.78. The molecular formula is C16H26N2. The Kier molecular flexibility index (Phi) is 4.28. The number of hydrogen-bond donors (Lipinski definition) is 1. The average Bonchev–Trinajstić information content (AvgIpc) is 2.76. The maximum Gasteiger partial charge on any atom is 0.0400 e. The molecule has 1 aromatic rings. The van der Waals surface area contributed by atoms with Crippen LogP contribution in [0.1, 0.15) is 37.8 Å². The van der Waals surface area contributed by atoms with Crippen molar-refractivity contribution in [1.29, 1.82) is 0 Å². The second kappa shape index (κ2) is 5.75. The summed E-state index contributed by atoms with van der Waals surface area (Å²) in [5, 5.41) is 3.67. The zero-order chi connectivity index (χ0) is 13.1. The van der Waals surface area contributed by atoms with Gasteiger partial charge in [-0.2, -0.15) is 0 Å². The van der Waals surface area contributed by atoms with Crippen molar-refractivity contribution >= 4 is 5.69 Å². The van der Waals surface area contributed by atoms with Crippen molar-refractivity contribution in [2.45, 2.75) is 52.6 Å². The quantitative estimate of drug-likeness (QED) is 0.873. The van der Waals surface area contributed by atoms with Crippen molar-refractivity contribution < 1.29 is 0 Å². The average molecular weight is 246 g/mol. The molecule has 2 heteroatoms. The molecule has 2 rings (SSSR count).